The maximum Gasteiger partial charge on any atom is 0.209 e. The van der Waals surface area contributed by atoms with Gasteiger partial charge in [0.2, 0.25) is 5.69 Å². The summed E-state index contributed by atoms with van der Waals surface area (Å²) in [6, 6.07) is 44.4. The topological polar surface area (TPSA) is 6.25 Å². The molecule has 5 aromatic carbocycles. The van der Waals surface area contributed by atoms with Gasteiger partial charge in [-0.25, -0.2) is 0 Å². The largest absolute Gasteiger partial charge is 0.344 e. The molecule has 0 aromatic heterocycles. The molecule has 46 heavy (non-hydrogen) atoms. The first-order valence-electron chi connectivity index (χ1n) is 16.6. The Morgan fingerprint density at radius 1 is 0.761 bits per heavy atom. The van der Waals surface area contributed by atoms with E-state index in [9.17, 15) is 0 Å². The lowest BCUT2D eigenvalue weighted by molar-refractivity contribution is -0.401. The highest BCUT2D eigenvalue weighted by atomic mass is 15.2. The minimum atomic E-state index is -0.216. The number of allylic oxidation sites excluding steroid dienone is 5. The van der Waals surface area contributed by atoms with E-state index in [0.717, 1.165) is 25.8 Å². The van der Waals surface area contributed by atoms with E-state index in [1.54, 1.807) is 0 Å². The smallest absolute Gasteiger partial charge is 0.209 e. The summed E-state index contributed by atoms with van der Waals surface area (Å²) in [4.78, 5) is 2.51. The number of likely N-dealkylation sites (N-methyl/N-ethyl adjacent to an activating group) is 1. The fourth-order valence-corrected chi connectivity index (χ4v) is 8.31. The van der Waals surface area contributed by atoms with Crippen LogP contribution in [0, 0.1) is 0 Å². The summed E-state index contributed by atoms with van der Waals surface area (Å²) in [5.41, 5.74) is 10.4. The number of rotatable bonds is 9. The van der Waals surface area contributed by atoms with Crippen molar-refractivity contribution in [3.8, 4) is 0 Å². The number of hydrogen-bond acceptors (Lipinski definition) is 1. The third kappa shape index (κ3) is 4.84. The minimum absolute atomic E-state index is 0.182. The first kappa shape index (κ1) is 29.7. The SMILES string of the molecule is C=CCC1(C)/C(=C\C=C\C2=[N+](C)c3ccccc3C2(Cc2ccccc2)Cc2ccccc2)N(CC)c2ccc3ccccc3c21. The number of benzene rings is 5. The van der Waals surface area contributed by atoms with Crippen molar-refractivity contribution in [1.29, 1.82) is 0 Å². The van der Waals surface area contributed by atoms with Crippen molar-refractivity contribution >= 4 is 27.9 Å². The van der Waals surface area contributed by atoms with Crippen molar-refractivity contribution in [1.82, 2.24) is 0 Å². The highest BCUT2D eigenvalue weighted by Gasteiger charge is 2.50. The standard InChI is InChI=1S/C44H43N2/c1-5-30-43(3)40(46(6-2)39-29-28-35-22-13-14-23-36(35)42(39)43)26-17-27-41-44(31-33-18-9-7-10-19-33,32-34-20-11-8-12-21-34)37-24-15-16-25-38(37)45(41)4/h5,7-29H,1,6,30-32H2,2-4H3/q+1. The number of fused-ring (bicyclic) bond motifs is 4. The van der Waals surface area contributed by atoms with E-state index in [4.69, 9.17) is 0 Å². The van der Waals surface area contributed by atoms with Gasteiger partial charge in [-0.3, -0.25) is 0 Å². The van der Waals surface area contributed by atoms with Gasteiger partial charge in [-0.15, -0.1) is 6.58 Å². The number of hydrogen-bond donors (Lipinski definition) is 0. The van der Waals surface area contributed by atoms with Crippen molar-refractivity contribution in [3.63, 3.8) is 0 Å². The van der Waals surface area contributed by atoms with Crippen LogP contribution >= 0.6 is 0 Å². The zero-order valence-corrected chi connectivity index (χ0v) is 27.3. The van der Waals surface area contributed by atoms with Gasteiger partial charge in [-0.1, -0.05) is 121 Å². The predicted molar refractivity (Wildman–Crippen MR) is 196 cm³/mol. The summed E-state index contributed by atoms with van der Waals surface area (Å²) in [5, 5.41) is 2.62. The molecule has 5 aromatic rings. The molecule has 0 saturated heterocycles. The predicted octanol–water partition coefficient (Wildman–Crippen LogP) is 10.1. The summed E-state index contributed by atoms with van der Waals surface area (Å²) < 4.78 is 2.42. The van der Waals surface area contributed by atoms with Crippen molar-refractivity contribution < 1.29 is 4.58 Å². The lowest BCUT2D eigenvalue weighted by Gasteiger charge is -2.29. The van der Waals surface area contributed by atoms with E-state index in [2.05, 4.69) is 183 Å². The normalized spacial score (nSPS) is 19.3. The Labute approximate surface area is 274 Å². The van der Waals surface area contributed by atoms with E-state index in [0.29, 0.717) is 0 Å². The van der Waals surface area contributed by atoms with Gasteiger partial charge in [0.05, 0.1) is 5.41 Å². The lowest BCUT2D eigenvalue weighted by Crippen LogP contribution is -2.39. The highest BCUT2D eigenvalue weighted by Crippen LogP contribution is 2.53. The third-order valence-corrected chi connectivity index (χ3v) is 10.3. The Bertz CT molecular complexity index is 1960. The zero-order valence-electron chi connectivity index (χ0n) is 27.3. The van der Waals surface area contributed by atoms with Gasteiger partial charge in [-0.05, 0) is 72.7 Å². The maximum atomic E-state index is 4.21. The van der Waals surface area contributed by atoms with E-state index >= 15 is 0 Å². The second-order valence-corrected chi connectivity index (χ2v) is 13.0. The van der Waals surface area contributed by atoms with Crippen LogP contribution in [0.1, 0.15) is 42.5 Å². The third-order valence-electron chi connectivity index (χ3n) is 10.3. The van der Waals surface area contributed by atoms with Crippen LogP contribution < -0.4 is 4.90 Å². The van der Waals surface area contributed by atoms with E-state index in [1.807, 2.05) is 0 Å². The lowest BCUT2D eigenvalue weighted by atomic mass is 9.69. The highest BCUT2D eigenvalue weighted by molar-refractivity contribution is 6.04. The number of nitrogens with zero attached hydrogens (tertiary/aromatic N) is 2. The molecule has 228 valence electrons. The van der Waals surface area contributed by atoms with Crippen LogP contribution in [-0.2, 0) is 23.7 Å². The van der Waals surface area contributed by atoms with Crippen molar-refractivity contribution in [3.05, 3.63) is 180 Å². The zero-order chi connectivity index (χ0) is 31.7. The average molecular weight is 600 g/mol. The molecule has 2 heterocycles. The molecule has 0 bridgehead atoms. The van der Waals surface area contributed by atoms with Gasteiger partial charge >= 0.3 is 0 Å². The minimum Gasteiger partial charge on any atom is -0.344 e. The van der Waals surface area contributed by atoms with Crippen LogP contribution in [-0.4, -0.2) is 23.9 Å². The van der Waals surface area contributed by atoms with E-state index in [1.165, 1.54) is 55.8 Å². The summed E-state index contributed by atoms with van der Waals surface area (Å²) in [6.07, 6.45) is 11.9. The molecule has 0 N–H and O–H groups in total. The molecule has 0 fully saturated rings. The van der Waals surface area contributed by atoms with Crippen LogP contribution in [0.3, 0.4) is 0 Å². The molecule has 1 unspecified atom stereocenters. The van der Waals surface area contributed by atoms with Crippen molar-refractivity contribution in [2.45, 2.75) is 43.9 Å². The summed E-state index contributed by atoms with van der Waals surface area (Å²) in [5.74, 6) is 0. The summed E-state index contributed by atoms with van der Waals surface area (Å²) >= 11 is 0. The summed E-state index contributed by atoms with van der Waals surface area (Å²) in [7, 11) is 2.24. The second kappa shape index (κ2) is 12.1. The molecular weight excluding hydrogens is 556 g/mol. The van der Waals surface area contributed by atoms with Gasteiger partial charge < -0.3 is 4.90 Å². The Hall–Kier alpha value is -4.95. The van der Waals surface area contributed by atoms with E-state index < -0.39 is 0 Å². The Kier molecular flexibility index (Phi) is 7.82. The molecule has 2 aliphatic heterocycles. The molecule has 2 nitrogen and oxygen atoms in total. The van der Waals surface area contributed by atoms with Gasteiger partial charge in [0.1, 0.15) is 7.05 Å². The molecular formula is C44H43N2+. The molecule has 0 saturated carbocycles. The first-order valence-corrected chi connectivity index (χ1v) is 16.6. The van der Waals surface area contributed by atoms with Crippen LogP contribution in [0.4, 0.5) is 11.4 Å². The van der Waals surface area contributed by atoms with Crippen molar-refractivity contribution in [2.24, 2.45) is 0 Å². The molecule has 0 amide bonds. The molecule has 1 atom stereocenters. The Morgan fingerprint density at radius 3 is 2.07 bits per heavy atom. The summed E-state index contributed by atoms with van der Waals surface area (Å²) in [6.45, 7) is 9.78. The van der Waals surface area contributed by atoms with Crippen LogP contribution in [0.15, 0.2) is 158 Å². The van der Waals surface area contributed by atoms with Crippen molar-refractivity contribution in [2.75, 3.05) is 18.5 Å². The monoisotopic (exact) mass is 599 g/mol. The van der Waals surface area contributed by atoms with Gasteiger partial charge in [0, 0.05) is 41.1 Å². The molecule has 2 heteroatoms. The first-order chi connectivity index (χ1) is 22.5. The molecule has 0 aliphatic carbocycles. The van der Waals surface area contributed by atoms with Crippen LogP contribution in [0.25, 0.3) is 10.8 Å². The van der Waals surface area contributed by atoms with Gasteiger partial charge in [0.25, 0.3) is 0 Å². The van der Waals surface area contributed by atoms with Gasteiger partial charge in [-0.2, -0.15) is 4.58 Å². The average Bonchev–Trinajstić information content (AvgIpc) is 3.46. The molecule has 2 aliphatic rings. The Balaban J connectivity index is 1.38. The molecule has 0 radical (unpaired) electrons. The molecule has 7 rings (SSSR count). The maximum absolute atomic E-state index is 4.21. The Morgan fingerprint density at radius 2 is 1.39 bits per heavy atom. The van der Waals surface area contributed by atoms with Gasteiger partial charge in [0.15, 0.2) is 5.71 Å². The number of para-hydroxylation sites is 1. The number of anilines is 1. The van der Waals surface area contributed by atoms with Crippen LogP contribution in [0.5, 0.6) is 0 Å². The second-order valence-electron chi connectivity index (χ2n) is 13.0. The quantitative estimate of drug-likeness (QED) is 0.121. The molecule has 0 spiro atoms. The fourth-order valence-electron chi connectivity index (χ4n) is 8.31. The van der Waals surface area contributed by atoms with E-state index in [-0.39, 0.29) is 10.8 Å². The fraction of sp³-hybridized carbons (Fsp3) is 0.205. The van der Waals surface area contributed by atoms with Crippen LogP contribution in [0.2, 0.25) is 0 Å².